The number of fused-ring (bicyclic) bond motifs is 2. The number of hydrogen-bond donors (Lipinski definition) is 1. The van der Waals surface area contributed by atoms with Gasteiger partial charge in [0.2, 0.25) is 0 Å². The van der Waals surface area contributed by atoms with Gasteiger partial charge in [-0.25, -0.2) is 0 Å². The van der Waals surface area contributed by atoms with E-state index in [1.165, 1.54) is 24.3 Å². The molecule has 1 unspecified atom stereocenters. The third-order valence-electron chi connectivity index (χ3n) is 5.68. The summed E-state index contributed by atoms with van der Waals surface area (Å²) in [5.74, 6) is -0.222. The zero-order chi connectivity index (χ0) is 23.8. The van der Waals surface area contributed by atoms with Gasteiger partial charge < -0.3 is 14.8 Å². The van der Waals surface area contributed by atoms with Crippen molar-refractivity contribution in [1.82, 2.24) is 15.3 Å². The number of benzene rings is 2. The monoisotopic (exact) mass is 465 g/mol. The Morgan fingerprint density at radius 1 is 1.00 bits per heavy atom. The SMILES string of the molecule is O=C(NC1(c2ccc(OC(F)(F)F)cc2)CCOc2cccnc21)c1ccc2ncccc2c1. The van der Waals surface area contributed by atoms with E-state index >= 15 is 0 Å². The van der Waals surface area contributed by atoms with Crippen LogP contribution >= 0.6 is 0 Å². The van der Waals surface area contributed by atoms with E-state index < -0.39 is 11.9 Å². The maximum absolute atomic E-state index is 13.4. The van der Waals surface area contributed by atoms with Gasteiger partial charge in [-0.2, -0.15) is 0 Å². The molecular formula is C25H18F3N3O3. The summed E-state index contributed by atoms with van der Waals surface area (Å²) in [5.41, 5.74) is 1.09. The average molecular weight is 465 g/mol. The van der Waals surface area contributed by atoms with Crippen LogP contribution in [0.25, 0.3) is 10.9 Å². The maximum Gasteiger partial charge on any atom is 0.573 e. The fraction of sp³-hybridized carbons (Fsp3) is 0.160. The minimum atomic E-state index is -4.80. The van der Waals surface area contributed by atoms with Crippen LogP contribution in [0.15, 0.2) is 79.1 Å². The topological polar surface area (TPSA) is 73.3 Å². The Morgan fingerprint density at radius 3 is 2.56 bits per heavy atom. The molecule has 0 fully saturated rings. The molecule has 2 aromatic carbocycles. The Morgan fingerprint density at radius 2 is 1.76 bits per heavy atom. The summed E-state index contributed by atoms with van der Waals surface area (Å²) in [6, 6.07) is 17.7. The summed E-state index contributed by atoms with van der Waals surface area (Å²) >= 11 is 0. The van der Waals surface area contributed by atoms with Crippen molar-refractivity contribution >= 4 is 16.8 Å². The number of rotatable bonds is 4. The summed E-state index contributed by atoms with van der Waals surface area (Å²) < 4.78 is 47.6. The molecule has 0 bridgehead atoms. The molecular weight excluding hydrogens is 447 g/mol. The van der Waals surface area contributed by atoms with E-state index in [2.05, 4.69) is 20.0 Å². The van der Waals surface area contributed by atoms with Crippen molar-refractivity contribution in [1.29, 1.82) is 0 Å². The summed E-state index contributed by atoms with van der Waals surface area (Å²) in [5, 5.41) is 3.90. The van der Waals surface area contributed by atoms with E-state index in [1.54, 1.807) is 48.8 Å². The number of amides is 1. The van der Waals surface area contributed by atoms with E-state index in [0.29, 0.717) is 29.0 Å². The Kier molecular flexibility index (Phi) is 5.31. The molecule has 1 amide bonds. The van der Waals surface area contributed by atoms with Crippen LogP contribution in [-0.2, 0) is 5.54 Å². The fourth-order valence-corrected chi connectivity index (χ4v) is 4.16. The Balaban J connectivity index is 1.56. The lowest BCUT2D eigenvalue weighted by Crippen LogP contribution is -2.50. The van der Waals surface area contributed by atoms with Crippen LogP contribution in [0, 0.1) is 0 Å². The van der Waals surface area contributed by atoms with Gasteiger partial charge in [0, 0.05) is 29.8 Å². The number of nitrogens with zero attached hydrogens (tertiary/aromatic N) is 2. The molecule has 9 heteroatoms. The summed E-state index contributed by atoms with van der Waals surface area (Å²) in [6.07, 6.45) is -1.21. The number of halogens is 3. The van der Waals surface area contributed by atoms with Gasteiger partial charge in [-0.15, -0.1) is 13.2 Å². The average Bonchev–Trinajstić information content (AvgIpc) is 2.83. The predicted molar refractivity (Wildman–Crippen MR) is 117 cm³/mol. The van der Waals surface area contributed by atoms with Crippen molar-refractivity contribution < 1.29 is 27.4 Å². The number of nitrogens with one attached hydrogen (secondary N) is 1. The third-order valence-corrected chi connectivity index (χ3v) is 5.68. The van der Waals surface area contributed by atoms with Gasteiger partial charge in [-0.3, -0.25) is 14.8 Å². The lowest BCUT2D eigenvalue weighted by atomic mass is 9.81. The number of alkyl halides is 3. The standard InChI is InChI=1S/C25H18F3N3O3/c26-25(27,28)34-19-8-6-18(7-9-19)24(11-14-33-21-4-2-13-30-22(21)24)31-23(32)17-5-10-20-16(15-17)3-1-12-29-20/h1-10,12-13,15H,11,14H2,(H,31,32). The molecule has 0 saturated carbocycles. The largest absolute Gasteiger partial charge is 0.573 e. The first-order valence-corrected chi connectivity index (χ1v) is 10.5. The number of aromatic nitrogens is 2. The quantitative estimate of drug-likeness (QED) is 0.460. The summed E-state index contributed by atoms with van der Waals surface area (Å²) in [6.45, 7) is 0.279. The highest BCUT2D eigenvalue weighted by Crippen LogP contribution is 2.41. The number of hydrogen-bond acceptors (Lipinski definition) is 5. The van der Waals surface area contributed by atoms with E-state index in [-0.39, 0.29) is 18.3 Å². The normalized spacial score (nSPS) is 17.5. The molecule has 1 aliphatic rings. The first kappa shape index (κ1) is 21.7. The van der Waals surface area contributed by atoms with Gasteiger partial charge in [-0.1, -0.05) is 18.2 Å². The highest BCUT2D eigenvalue weighted by Gasteiger charge is 2.42. The van der Waals surface area contributed by atoms with Crippen LogP contribution in [0.2, 0.25) is 0 Å². The first-order chi connectivity index (χ1) is 16.3. The molecule has 1 aliphatic heterocycles. The van der Waals surface area contributed by atoms with Gasteiger partial charge in [0.05, 0.1) is 12.1 Å². The molecule has 1 atom stereocenters. The van der Waals surface area contributed by atoms with Crippen molar-refractivity contribution in [3.8, 4) is 11.5 Å². The molecule has 5 rings (SSSR count). The van der Waals surface area contributed by atoms with Gasteiger partial charge in [0.25, 0.3) is 5.91 Å². The summed E-state index contributed by atoms with van der Waals surface area (Å²) in [7, 11) is 0. The minimum absolute atomic E-state index is 0.279. The van der Waals surface area contributed by atoms with Gasteiger partial charge >= 0.3 is 6.36 Å². The van der Waals surface area contributed by atoms with Crippen molar-refractivity contribution in [2.75, 3.05) is 6.61 Å². The van der Waals surface area contributed by atoms with Crippen LogP contribution in [-0.4, -0.2) is 28.8 Å². The lowest BCUT2D eigenvalue weighted by molar-refractivity contribution is -0.274. The molecule has 0 radical (unpaired) electrons. The van der Waals surface area contributed by atoms with Crippen molar-refractivity contribution in [2.24, 2.45) is 0 Å². The second-order valence-corrected chi connectivity index (χ2v) is 7.79. The molecule has 4 aromatic rings. The van der Waals surface area contributed by atoms with Crippen LogP contribution in [0.1, 0.15) is 28.0 Å². The zero-order valence-corrected chi connectivity index (χ0v) is 17.7. The number of carbonyl (C=O) groups excluding carboxylic acids is 1. The second-order valence-electron chi connectivity index (χ2n) is 7.79. The highest BCUT2D eigenvalue weighted by molar-refractivity contribution is 5.98. The Hall–Kier alpha value is -4.14. The fourth-order valence-electron chi connectivity index (χ4n) is 4.16. The smallest absolute Gasteiger partial charge is 0.491 e. The van der Waals surface area contributed by atoms with E-state index in [9.17, 15) is 18.0 Å². The summed E-state index contributed by atoms with van der Waals surface area (Å²) in [4.78, 5) is 22.2. The molecule has 172 valence electrons. The molecule has 3 heterocycles. The van der Waals surface area contributed by atoms with Gasteiger partial charge in [-0.05, 0) is 54.1 Å². The van der Waals surface area contributed by atoms with Crippen LogP contribution < -0.4 is 14.8 Å². The van der Waals surface area contributed by atoms with E-state index in [1.807, 2.05) is 6.07 Å². The van der Waals surface area contributed by atoms with E-state index in [4.69, 9.17) is 4.74 Å². The Labute approximate surface area is 192 Å². The highest BCUT2D eigenvalue weighted by atomic mass is 19.4. The molecule has 34 heavy (non-hydrogen) atoms. The predicted octanol–water partition coefficient (Wildman–Crippen LogP) is 4.98. The van der Waals surface area contributed by atoms with Crippen molar-refractivity contribution in [2.45, 2.75) is 18.3 Å². The minimum Gasteiger partial charge on any atom is -0.491 e. The number of pyridine rings is 2. The molecule has 1 N–H and O–H groups in total. The van der Waals surface area contributed by atoms with Crippen LogP contribution in [0.5, 0.6) is 11.5 Å². The van der Waals surface area contributed by atoms with Crippen LogP contribution in [0.4, 0.5) is 13.2 Å². The van der Waals surface area contributed by atoms with E-state index in [0.717, 1.165) is 10.9 Å². The lowest BCUT2D eigenvalue weighted by Gasteiger charge is -2.39. The van der Waals surface area contributed by atoms with Crippen molar-refractivity contribution in [3.05, 3.63) is 95.9 Å². The molecule has 0 aliphatic carbocycles. The molecule has 2 aromatic heterocycles. The molecule has 0 spiro atoms. The molecule has 0 saturated heterocycles. The number of ether oxygens (including phenoxy) is 2. The zero-order valence-electron chi connectivity index (χ0n) is 17.7. The second kappa shape index (κ2) is 8.33. The van der Waals surface area contributed by atoms with Crippen LogP contribution in [0.3, 0.4) is 0 Å². The third kappa shape index (κ3) is 4.12. The maximum atomic E-state index is 13.4. The van der Waals surface area contributed by atoms with Gasteiger partial charge in [0.15, 0.2) is 0 Å². The Bertz CT molecular complexity index is 1360. The number of carbonyl (C=O) groups is 1. The first-order valence-electron chi connectivity index (χ1n) is 10.5. The molecule has 6 nitrogen and oxygen atoms in total. The van der Waals surface area contributed by atoms with Gasteiger partial charge in [0.1, 0.15) is 22.7 Å². The van der Waals surface area contributed by atoms with Crippen molar-refractivity contribution in [3.63, 3.8) is 0 Å².